The van der Waals surface area contributed by atoms with Crippen molar-refractivity contribution in [2.75, 3.05) is 25.0 Å². The van der Waals surface area contributed by atoms with Crippen molar-refractivity contribution in [1.29, 1.82) is 0 Å². The number of para-hydroxylation sites is 1. The van der Waals surface area contributed by atoms with Gasteiger partial charge in [0.2, 0.25) is 0 Å². The van der Waals surface area contributed by atoms with E-state index in [4.69, 9.17) is 11.6 Å². The van der Waals surface area contributed by atoms with E-state index in [2.05, 4.69) is 22.5 Å². The van der Waals surface area contributed by atoms with Gasteiger partial charge in [-0.2, -0.15) is 0 Å². The van der Waals surface area contributed by atoms with Crippen molar-refractivity contribution in [3.05, 3.63) is 29.3 Å². The van der Waals surface area contributed by atoms with Crippen LogP contribution in [0.3, 0.4) is 0 Å². The number of anilines is 1. The third-order valence-electron chi connectivity index (χ3n) is 3.97. The number of nitrogens with one attached hydrogen (secondary N) is 2. The molecule has 1 aromatic carbocycles. The van der Waals surface area contributed by atoms with E-state index in [9.17, 15) is 4.79 Å². The Morgan fingerprint density at radius 2 is 2.19 bits per heavy atom. The molecule has 1 fully saturated rings. The number of benzene rings is 1. The van der Waals surface area contributed by atoms with Gasteiger partial charge in [0.1, 0.15) is 0 Å². The van der Waals surface area contributed by atoms with Crippen LogP contribution in [0.4, 0.5) is 10.5 Å². The number of piperidine rings is 1. The normalized spacial score (nSPS) is 19.2. The van der Waals surface area contributed by atoms with E-state index < -0.39 is 0 Å². The summed E-state index contributed by atoms with van der Waals surface area (Å²) in [5.74, 6) is 0. The smallest absolute Gasteiger partial charge is 0.319 e. The number of halogens is 1. The second-order valence-electron chi connectivity index (χ2n) is 5.60. The summed E-state index contributed by atoms with van der Waals surface area (Å²) in [6, 6.07) is 7.71. The average Bonchev–Trinajstić information content (AvgIpc) is 2.48. The van der Waals surface area contributed by atoms with E-state index in [1.54, 1.807) is 12.1 Å². The number of carbonyl (C=O) groups is 1. The Kier molecular flexibility index (Phi) is 6.33. The van der Waals surface area contributed by atoms with E-state index in [-0.39, 0.29) is 6.03 Å². The molecule has 4 nitrogen and oxygen atoms in total. The average molecular weight is 310 g/mol. The monoisotopic (exact) mass is 309 g/mol. The summed E-state index contributed by atoms with van der Waals surface area (Å²) in [5.41, 5.74) is 0.640. The van der Waals surface area contributed by atoms with Gasteiger partial charge in [-0.3, -0.25) is 0 Å². The summed E-state index contributed by atoms with van der Waals surface area (Å²) < 4.78 is 0. The molecule has 1 unspecified atom stereocenters. The predicted molar refractivity (Wildman–Crippen MR) is 88.0 cm³/mol. The second-order valence-corrected chi connectivity index (χ2v) is 6.00. The molecule has 1 saturated heterocycles. The summed E-state index contributed by atoms with van der Waals surface area (Å²) in [6.45, 7) is 5.21. The zero-order valence-electron chi connectivity index (χ0n) is 12.6. The first kappa shape index (κ1) is 16.1. The Morgan fingerprint density at radius 1 is 1.38 bits per heavy atom. The molecular weight excluding hydrogens is 286 g/mol. The van der Waals surface area contributed by atoms with Crippen LogP contribution in [-0.4, -0.2) is 36.6 Å². The summed E-state index contributed by atoms with van der Waals surface area (Å²) in [4.78, 5) is 14.3. The Balaban J connectivity index is 1.64. The second kappa shape index (κ2) is 8.25. The molecule has 2 rings (SSSR count). The molecule has 21 heavy (non-hydrogen) atoms. The van der Waals surface area contributed by atoms with Gasteiger partial charge >= 0.3 is 6.03 Å². The van der Waals surface area contributed by atoms with Crippen molar-refractivity contribution in [1.82, 2.24) is 10.2 Å². The molecule has 0 aromatic heterocycles. The highest BCUT2D eigenvalue weighted by molar-refractivity contribution is 6.33. The lowest BCUT2D eigenvalue weighted by atomic mass is 10.0. The minimum absolute atomic E-state index is 0.199. The van der Waals surface area contributed by atoms with Crippen LogP contribution in [0.15, 0.2) is 24.3 Å². The van der Waals surface area contributed by atoms with Crippen molar-refractivity contribution in [2.45, 2.75) is 38.6 Å². The minimum Gasteiger partial charge on any atom is -0.338 e. The van der Waals surface area contributed by atoms with Crippen molar-refractivity contribution in [2.24, 2.45) is 0 Å². The third-order valence-corrected chi connectivity index (χ3v) is 4.30. The number of amides is 2. The van der Waals surface area contributed by atoms with Crippen LogP contribution in [0, 0.1) is 0 Å². The van der Waals surface area contributed by atoms with Crippen molar-refractivity contribution in [3.8, 4) is 0 Å². The Morgan fingerprint density at radius 3 is 2.95 bits per heavy atom. The molecule has 116 valence electrons. The molecule has 1 aliphatic heterocycles. The van der Waals surface area contributed by atoms with Crippen LogP contribution in [0.2, 0.25) is 5.02 Å². The molecule has 1 heterocycles. The maximum Gasteiger partial charge on any atom is 0.319 e. The van der Waals surface area contributed by atoms with E-state index >= 15 is 0 Å². The van der Waals surface area contributed by atoms with Gasteiger partial charge in [-0.05, 0) is 44.9 Å². The highest BCUT2D eigenvalue weighted by atomic mass is 35.5. The van der Waals surface area contributed by atoms with E-state index in [0.29, 0.717) is 23.3 Å². The van der Waals surface area contributed by atoms with Crippen LogP contribution in [0.1, 0.15) is 32.6 Å². The van der Waals surface area contributed by atoms with Gasteiger partial charge in [0.25, 0.3) is 0 Å². The van der Waals surface area contributed by atoms with Gasteiger partial charge in [0.15, 0.2) is 0 Å². The maximum atomic E-state index is 11.8. The lowest BCUT2D eigenvalue weighted by Gasteiger charge is -2.33. The van der Waals surface area contributed by atoms with Gasteiger partial charge in [-0.15, -0.1) is 0 Å². The molecule has 0 aliphatic carbocycles. The molecule has 2 N–H and O–H groups in total. The molecule has 2 amide bonds. The SMILES string of the molecule is CC1CCCCN1CCCNC(=O)Nc1ccccc1Cl. The van der Waals surface area contributed by atoms with Gasteiger partial charge < -0.3 is 15.5 Å². The third kappa shape index (κ3) is 5.21. The zero-order chi connectivity index (χ0) is 15.1. The first-order valence-electron chi connectivity index (χ1n) is 7.70. The molecule has 0 bridgehead atoms. The molecule has 1 atom stereocenters. The molecule has 1 aliphatic rings. The topological polar surface area (TPSA) is 44.4 Å². The molecular formula is C16H24ClN3O. The summed E-state index contributed by atoms with van der Waals surface area (Å²) >= 11 is 6.00. The standard InChI is InChI=1S/C16H24ClN3O/c1-13-7-4-5-11-20(13)12-6-10-18-16(21)19-15-9-3-2-8-14(15)17/h2-3,8-9,13H,4-7,10-12H2,1H3,(H2,18,19,21). The number of hydrogen-bond donors (Lipinski definition) is 2. The molecule has 0 spiro atoms. The van der Waals surface area contributed by atoms with Crippen LogP contribution in [0.25, 0.3) is 0 Å². The highest BCUT2D eigenvalue weighted by Crippen LogP contribution is 2.20. The van der Waals surface area contributed by atoms with Crippen LogP contribution >= 0.6 is 11.6 Å². The van der Waals surface area contributed by atoms with Gasteiger partial charge in [0.05, 0.1) is 10.7 Å². The molecule has 0 saturated carbocycles. The lowest BCUT2D eigenvalue weighted by Crippen LogP contribution is -2.39. The number of rotatable bonds is 5. The summed E-state index contributed by atoms with van der Waals surface area (Å²) in [6.07, 6.45) is 4.90. The number of hydrogen-bond acceptors (Lipinski definition) is 2. The first-order chi connectivity index (χ1) is 10.2. The van der Waals surface area contributed by atoms with Crippen molar-refractivity contribution >= 4 is 23.3 Å². The number of likely N-dealkylation sites (tertiary alicyclic amines) is 1. The zero-order valence-corrected chi connectivity index (χ0v) is 13.3. The maximum absolute atomic E-state index is 11.8. The molecule has 1 aromatic rings. The van der Waals surface area contributed by atoms with Crippen LogP contribution in [-0.2, 0) is 0 Å². The quantitative estimate of drug-likeness (QED) is 0.814. The fourth-order valence-corrected chi connectivity index (χ4v) is 2.89. The van der Waals surface area contributed by atoms with E-state index in [1.807, 2.05) is 12.1 Å². The van der Waals surface area contributed by atoms with Crippen molar-refractivity contribution < 1.29 is 4.79 Å². The number of urea groups is 1. The van der Waals surface area contributed by atoms with Crippen LogP contribution in [0.5, 0.6) is 0 Å². The van der Waals surface area contributed by atoms with E-state index in [0.717, 1.165) is 13.0 Å². The highest BCUT2D eigenvalue weighted by Gasteiger charge is 2.17. The first-order valence-corrected chi connectivity index (χ1v) is 8.08. The van der Waals surface area contributed by atoms with Crippen molar-refractivity contribution in [3.63, 3.8) is 0 Å². The molecule has 5 heteroatoms. The number of nitrogens with zero attached hydrogens (tertiary/aromatic N) is 1. The fourth-order valence-electron chi connectivity index (χ4n) is 2.70. The number of carbonyl (C=O) groups excluding carboxylic acids is 1. The summed E-state index contributed by atoms with van der Waals surface area (Å²) in [7, 11) is 0. The van der Waals surface area contributed by atoms with Gasteiger partial charge in [-0.1, -0.05) is 30.2 Å². The summed E-state index contributed by atoms with van der Waals surface area (Å²) in [5, 5.41) is 6.19. The van der Waals surface area contributed by atoms with Gasteiger partial charge in [0, 0.05) is 19.1 Å². The lowest BCUT2D eigenvalue weighted by molar-refractivity contribution is 0.159. The van der Waals surface area contributed by atoms with E-state index in [1.165, 1.54) is 25.8 Å². The Bertz CT molecular complexity index is 467. The minimum atomic E-state index is -0.199. The fraction of sp³-hybridized carbons (Fsp3) is 0.562. The largest absolute Gasteiger partial charge is 0.338 e. The Labute approximate surface area is 131 Å². The molecule has 0 radical (unpaired) electrons. The Hall–Kier alpha value is -1.26. The van der Waals surface area contributed by atoms with Gasteiger partial charge in [-0.25, -0.2) is 4.79 Å². The van der Waals surface area contributed by atoms with Crippen LogP contribution < -0.4 is 10.6 Å². The predicted octanol–water partition coefficient (Wildman–Crippen LogP) is 3.73.